The summed E-state index contributed by atoms with van der Waals surface area (Å²) < 4.78 is 26.1. The molecule has 0 aliphatic heterocycles. The summed E-state index contributed by atoms with van der Waals surface area (Å²) in [6.45, 7) is 2.49. The van der Waals surface area contributed by atoms with Crippen molar-refractivity contribution in [1.82, 2.24) is 0 Å². The number of nitrogens with two attached hydrogens (primary N) is 1. The highest BCUT2D eigenvalue weighted by Gasteiger charge is 2.00. The first kappa shape index (κ1) is 19.3. The Morgan fingerprint density at radius 2 is 1.83 bits per heavy atom. The van der Waals surface area contributed by atoms with Crippen LogP contribution >= 0.6 is 24.0 Å². The Balaban J connectivity index is 0.00000264. The molecule has 0 amide bonds. The van der Waals surface area contributed by atoms with Crippen molar-refractivity contribution in [3.63, 3.8) is 0 Å². The maximum atomic E-state index is 13.0. The van der Waals surface area contributed by atoms with Gasteiger partial charge in [0.1, 0.15) is 11.6 Å². The first-order valence-corrected chi connectivity index (χ1v) is 7.11. The average Bonchev–Trinajstić information content (AvgIpc) is 2.42. The third-order valence-corrected chi connectivity index (χ3v) is 3.12. The van der Waals surface area contributed by atoms with Gasteiger partial charge in [-0.1, -0.05) is 12.1 Å². The number of rotatable bonds is 5. The van der Waals surface area contributed by atoms with Gasteiger partial charge in [0.2, 0.25) is 0 Å². The first-order valence-electron chi connectivity index (χ1n) is 7.11. The van der Waals surface area contributed by atoms with E-state index in [-0.39, 0.29) is 24.0 Å². The van der Waals surface area contributed by atoms with E-state index >= 15 is 0 Å². The SMILES string of the molecule is Cc1cccc(NC(N)=NCCCc2cc(F)cc(F)c2)c1.I. The monoisotopic (exact) mass is 431 g/mol. The number of hydrogen-bond acceptors (Lipinski definition) is 1. The lowest BCUT2D eigenvalue weighted by atomic mass is 10.1. The van der Waals surface area contributed by atoms with Gasteiger partial charge in [0.15, 0.2) is 5.96 Å². The van der Waals surface area contributed by atoms with E-state index in [1.807, 2.05) is 31.2 Å². The fourth-order valence-electron chi connectivity index (χ4n) is 2.15. The van der Waals surface area contributed by atoms with Crippen LogP contribution in [0.3, 0.4) is 0 Å². The van der Waals surface area contributed by atoms with Crippen LogP contribution in [0.25, 0.3) is 0 Å². The zero-order valence-electron chi connectivity index (χ0n) is 12.9. The quantitative estimate of drug-likeness (QED) is 0.322. The Bertz CT molecular complexity index is 654. The molecule has 2 aromatic carbocycles. The number of aliphatic imine (C=N–C) groups is 1. The van der Waals surface area contributed by atoms with Gasteiger partial charge in [-0.3, -0.25) is 4.99 Å². The van der Waals surface area contributed by atoms with E-state index in [0.717, 1.165) is 17.3 Å². The molecule has 0 aliphatic carbocycles. The number of hydrogen-bond donors (Lipinski definition) is 2. The third-order valence-electron chi connectivity index (χ3n) is 3.12. The second-order valence-electron chi connectivity index (χ2n) is 5.14. The normalized spacial score (nSPS) is 11.0. The molecule has 0 atom stereocenters. The molecule has 0 bridgehead atoms. The molecule has 3 N–H and O–H groups in total. The van der Waals surface area contributed by atoms with Crippen molar-refractivity contribution < 1.29 is 8.78 Å². The fraction of sp³-hybridized carbons (Fsp3) is 0.235. The van der Waals surface area contributed by atoms with E-state index in [1.54, 1.807) is 0 Å². The lowest BCUT2D eigenvalue weighted by molar-refractivity contribution is 0.579. The van der Waals surface area contributed by atoms with Gasteiger partial charge >= 0.3 is 0 Å². The molecular weight excluding hydrogens is 411 g/mol. The lowest BCUT2D eigenvalue weighted by Gasteiger charge is -2.06. The molecule has 0 heterocycles. The number of aryl methyl sites for hydroxylation is 2. The summed E-state index contributed by atoms with van der Waals surface area (Å²) in [7, 11) is 0. The van der Waals surface area contributed by atoms with Crippen molar-refractivity contribution in [3.8, 4) is 0 Å². The van der Waals surface area contributed by atoms with E-state index in [9.17, 15) is 8.78 Å². The molecule has 3 nitrogen and oxygen atoms in total. The second-order valence-corrected chi connectivity index (χ2v) is 5.14. The van der Waals surface area contributed by atoms with Gasteiger partial charge in [0, 0.05) is 18.3 Å². The van der Waals surface area contributed by atoms with Crippen molar-refractivity contribution in [2.75, 3.05) is 11.9 Å². The minimum atomic E-state index is -0.556. The Labute approximate surface area is 152 Å². The molecule has 6 heteroatoms. The Morgan fingerprint density at radius 1 is 1.13 bits per heavy atom. The number of halogens is 3. The molecule has 0 radical (unpaired) electrons. The van der Waals surface area contributed by atoms with Crippen LogP contribution < -0.4 is 11.1 Å². The molecule has 0 aromatic heterocycles. The van der Waals surface area contributed by atoms with E-state index in [4.69, 9.17) is 5.73 Å². The van der Waals surface area contributed by atoms with Crippen LogP contribution in [0.4, 0.5) is 14.5 Å². The van der Waals surface area contributed by atoms with Crippen LogP contribution in [0.2, 0.25) is 0 Å². The van der Waals surface area contributed by atoms with Crippen molar-refractivity contribution in [1.29, 1.82) is 0 Å². The molecule has 0 aliphatic rings. The van der Waals surface area contributed by atoms with Gasteiger partial charge in [-0.05, 0) is 55.2 Å². The Hall–Kier alpha value is -1.70. The van der Waals surface area contributed by atoms with Crippen LogP contribution in [0.5, 0.6) is 0 Å². The van der Waals surface area contributed by atoms with Crippen molar-refractivity contribution in [2.24, 2.45) is 10.7 Å². The van der Waals surface area contributed by atoms with E-state index < -0.39 is 11.6 Å². The molecule has 0 unspecified atom stereocenters. The topological polar surface area (TPSA) is 50.4 Å². The van der Waals surface area contributed by atoms with Crippen LogP contribution in [0, 0.1) is 18.6 Å². The average molecular weight is 431 g/mol. The molecule has 2 rings (SSSR count). The summed E-state index contributed by atoms with van der Waals surface area (Å²) in [5.74, 6) is -0.783. The first-order chi connectivity index (χ1) is 10.5. The zero-order chi connectivity index (χ0) is 15.9. The van der Waals surface area contributed by atoms with Gasteiger partial charge in [-0.15, -0.1) is 24.0 Å². The van der Waals surface area contributed by atoms with Gasteiger partial charge in [-0.25, -0.2) is 8.78 Å². The largest absolute Gasteiger partial charge is 0.370 e. The van der Waals surface area contributed by atoms with Crippen LogP contribution in [0.1, 0.15) is 17.5 Å². The molecule has 23 heavy (non-hydrogen) atoms. The Kier molecular flexibility index (Phi) is 7.94. The number of guanidine groups is 1. The number of nitrogens with zero attached hydrogens (tertiary/aromatic N) is 1. The number of nitrogens with one attached hydrogen (secondary N) is 1. The summed E-state index contributed by atoms with van der Waals surface area (Å²) in [6, 6.07) is 11.3. The summed E-state index contributed by atoms with van der Waals surface area (Å²) in [4.78, 5) is 4.20. The van der Waals surface area contributed by atoms with Crippen LogP contribution in [-0.4, -0.2) is 12.5 Å². The van der Waals surface area contributed by atoms with E-state index in [2.05, 4.69) is 10.3 Å². The van der Waals surface area contributed by atoms with Crippen molar-refractivity contribution >= 4 is 35.6 Å². The summed E-state index contributed by atoms with van der Waals surface area (Å²) >= 11 is 0. The van der Waals surface area contributed by atoms with E-state index in [0.29, 0.717) is 30.9 Å². The number of anilines is 1. The highest BCUT2D eigenvalue weighted by molar-refractivity contribution is 14.0. The lowest BCUT2D eigenvalue weighted by Crippen LogP contribution is -2.22. The molecular formula is C17H20F2IN3. The van der Waals surface area contributed by atoms with E-state index in [1.165, 1.54) is 12.1 Å². The second kappa shape index (κ2) is 9.44. The molecule has 2 aromatic rings. The molecule has 0 saturated carbocycles. The zero-order valence-corrected chi connectivity index (χ0v) is 15.2. The van der Waals surface area contributed by atoms with Gasteiger partial charge in [0.25, 0.3) is 0 Å². The fourth-order valence-corrected chi connectivity index (χ4v) is 2.15. The third kappa shape index (κ3) is 6.94. The van der Waals surface area contributed by atoms with Gasteiger partial charge in [-0.2, -0.15) is 0 Å². The maximum Gasteiger partial charge on any atom is 0.193 e. The minimum absolute atomic E-state index is 0. The van der Waals surface area contributed by atoms with Gasteiger partial charge < -0.3 is 11.1 Å². The molecule has 124 valence electrons. The highest BCUT2D eigenvalue weighted by atomic mass is 127. The smallest absolute Gasteiger partial charge is 0.193 e. The standard InChI is InChI=1S/C17H19F2N3.HI/c1-12-4-2-6-16(8-12)22-17(20)21-7-3-5-13-9-14(18)11-15(19)10-13;/h2,4,6,8-11H,3,5,7H2,1H3,(H3,20,21,22);1H. The Morgan fingerprint density at radius 3 is 2.48 bits per heavy atom. The van der Waals surface area contributed by atoms with Crippen LogP contribution in [0.15, 0.2) is 47.5 Å². The number of benzene rings is 2. The molecule has 0 spiro atoms. The predicted molar refractivity (Wildman–Crippen MR) is 101 cm³/mol. The van der Waals surface area contributed by atoms with Crippen molar-refractivity contribution in [2.45, 2.75) is 19.8 Å². The van der Waals surface area contributed by atoms with Crippen LogP contribution in [-0.2, 0) is 6.42 Å². The molecule has 0 fully saturated rings. The maximum absolute atomic E-state index is 13.0. The van der Waals surface area contributed by atoms with Gasteiger partial charge in [0.05, 0.1) is 0 Å². The van der Waals surface area contributed by atoms with Crippen molar-refractivity contribution in [3.05, 3.63) is 65.2 Å². The summed E-state index contributed by atoms with van der Waals surface area (Å²) in [5, 5.41) is 3.01. The predicted octanol–water partition coefficient (Wildman–Crippen LogP) is 4.25. The highest BCUT2D eigenvalue weighted by Crippen LogP contribution is 2.10. The summed E-state index contributed by atoms with van der Waals surface area (Å²) in [6.07, 6.45) is 1.22. The summed E-state index contributed by atoms with van der Waals surface area (Å²) in [5.41, 5.74) is 8.44. The molecule has 0 saturated heterocycles. The minimum Gasteiger partial charge on any atom is -0.370 e.